The van der Waals surface area contributed by atoms with Gasteiger partial charge < -0.3 is 14.8 Å². The first-order chi connectivity index (χ1) is 7.68. The third kappa shape index (κ3) is 2.06. The molecule has 0 saturated carbocycles. The van der Waals surface area contributed by atoms with Crippen LogP contribution in [0.15, 0.2) is 39.9 Å². The first-order valence-corrected chi connectivity index (χ1v) is 5.17. The molecule has 1 heterocycles. The molecule has 2 N–H and O–H groups in total. The number of hydrogen-bond acceptors (Lipinski definition) is 4. The molecule has 0 aliphatic heterocycles. The molecule has 1 aromatic carbocycles. The topological polar surface area (TPSA) is 75.2 Å². The molecule has 0 fully saturated rings. The van der Waals surface area contributed by atoms with E-state index < -0.39 is 0 Å². The van der Waals surface area contributed by atoms with E-state index in [1.54, 1.807) is 18.2 Å². The molecule has 2 rings (SSSR count). The van der Waals surface area contributed by atoms with Crippen molar-refractivity contribution in [3.05, 3.63) is 45.4 Å². The molecule has 0 atom stereocenters. The molecule has 16 heavy (non-hydrogen) atoms. The van der Waals surface area contributed by atoms with Gasteiger partial charge in [-0.3, -0.25) is 4.79 Å². The van der Waals surface area contributed by atoms with Gasteiger partial charge in [0.25, 0.3) is 5.56 Å². The van der Waals surface area contributed by atoms with Gasteiger partial charge in [-0.05, 0) is 28.1 Å². The predicted molar refractivity (Wildman–Crippen MR) is 60.7 cm³/mol. The van der Waals surface area contributed by atoms with Gasteiger partial charge in [-0.2, -0.15) is 0 Å². The molecular formula is C10H7BrN2O3. The molecular weight excluding hydrogens is 276 g/mol. The number of ether oxygens (including phenoxy) is 1. The van der Waals surface area contributed by atoms with Crippen molar-refractivity contribution in [3.8, 4) is 17.4 Å². The quantitative estimate of drug-likeness (QED) is 0.884. The second kappa shape index (κ2) is 4.36. The highest BCUT2D eigenvalue weighted by molar-refractivity contribution is 9.10. The molecule has 5 nitrogen and oxygen atoms in total. The Morgan fingerprint density at radius 2 is 2.12 bits per heavy atom. The summed E-state index contributed by atoms with van der Waals surface area (Å²) >= 11 is 3.05. The molecule has 0 unspecified atom stereocenters. The molecule has 0 spiro atoms. The largest absolute Gasteiger partial charge is 0.504 e. The van der Waals surface area contributed by atoms with Crippen LogP contribution in [0.1, 0.15) is 0 Å². The SMILES string of the molecule is O=c1[nH]cnc(Oc2ccccc2O)c1Br. The predicted octanol–water partition coefficient (Wildman–Crippen LogP) is 2.03. The van der Waals surface area contributed by atoms with Crippen LogP contribution in [-0.2, 0) is 0 Å². The van der Waals surface area contributed by atoms with Crippen molar-refractivity contribution in [2.75, 3.05) is 0 Å². The number of aromatic nitrogens is 2. The van der Waals surface area contributed by atoms with Crippen LogP contribution in [0.25, 0.3) is 0 Å². The van der Waals surface area contributed by atoms with E-state index in [1.165, 1.54) is 12.4 Å². The monoisotopic (exact) mass is 282 g/mol. The van der Waals surface area contributed by atoms with E-state index in [0.29, 0.717) is 0 Å². The fourth-order valence-corrected chi connectivity index (χ4v) is 1.38. The number of aromatic hydroxyl groups is 1. The van der Waals surface area contributed by atoms with Crippen molar-refractivity contribution in [2.45, 2.75) is 0 Å². The van der Waals surface area contributed by atoms with Gasteiger partial charge in [0.05, 0.1) is 6.33 Å². The van der Waals surface area contributed by atoms with Gasteiger partial charge in [-0.25, -0.2) is 4.98 Å². The minimum absolute atomic E-state index is 0.0171. The van der Waals surface area contributed by atoms with Crippen LogP contribution >= 0.6 is 15.9 Å². The van der Waals surface area contributed by atoms with Crippen LogP contribution in [0.2, 0.25) is 0 Å². The number of nitrogens with one attached hydrogen (secondary N) is 1. The number of phenolic OH excluding ortho intramolecular Hbond substituents is 1. The maximum atomic E-state index is 11.2. The van der Waals surface area contributed by atoms with Gasteiger partial charge in [0, 0.05) is 0 Å². The lowest BCUT2D eigenvalue weighted by atomic mass is 10.3. The summed E-state index contributed by atoms with van der Waals surface area (Å²) in [6, 6.07) is 6.43. The molecule has 6 heteroatoms. The smallest absolute Gasteiger partial charge is 0.268 e. The Morgan fingerprint density at radius 1 is 1.38 bits per heavy atom. The second-order valence-electron chi connectivity index (χ2n) is 2.92. The number of benzene rings is 1. The lowest BCUT2D eigenvalue weighted by Crippen LogP contribution is -2.08. The highest BCUT2D eigenvalue weighted by Crippen LogP contribution is 2.30. The Morgan fingerprint density at radius 3 is 2.88 bits per heavy atom. The van der Waals surface area contributed by atoms with Crippen LogP contribution in [0.4, 0.5) is 0 Å². The maximum absolute atomic E-state index is 11.2. The average Bonchev–Trinajstić information content (AvgIpc) is 2.28. The van der Waals surface area contributed by atoms with Gasteiger partial charge in [0.1, 0.15) is 4.47 Å². The number of hydrogen-bond donors (Lipinski definition) is 2. The van der Waals surface area contributed by atoms with Crippen LogP contribution in [0, 0.1) is 0 Å². The lowest BCUT2D eigenvalue weighted by Gasteiger charge is -2.06. The van der Waals surface area contributed by atoms with Crippen molar-refractivity contribution in [1.29, 1.82) is 0 Å². The summed E-state index contributed by atoms with van der Waals surface area (Å²) < 4.78 is 5.47. The first-order valence-electron chi connectivity index (χ1n) is 4.37. The minimum Gasteiger partial charge on any atom is -0.504 e. The highest BCUT2D eigenvalue weighted by Gasteiger charge is 2.09. The van der Waals surface area contributed by atoms with E-state index in [1.807, 2.05) is 0 Å². The molecule has 0 bridgehead atoms. The maximum Gasteiger partial charge on any atom is 0.268 e. The van der Waals surface area contributed by atoms with Crippen molar-refractivity contribution in [2.24, 2.45) is 0 Å². The van der Waals surface area contributed by atoms with Gasteiger partial charge in [-0.15, -0.1) is 0 Å². The fraction of sp³-hybridized carbons (Fsp3) is 0. The Hall–Kier alpha value is -1.82. The zero-order chi connectivity index (χ0) is 11.5. The molecule has 0 saturated heterocycles. The lowest BCUT2D eigenvalue weighted by molar-refractivity contribution is 0.400. The molecule has 0 radical (unpaired) electrons. The number of halogens is 1. The van der Waals surface area contributed by atoms with Crippen molar-refractivity contribution < 1.29 is 9.84 Å². The van der Waals surface area contributed by atoms with Crippen molar-refractivity contribution in [3.63, 3.8) is 0 Å². The number of rotatable bonds is 2. The summed E-state index contributed by atoms with van der Waals surface area (Å²) in [5.41, 5.74) is -0.347. The Kier molecular flexibility index (Phi) is 2.91. The van der Waals surface area contributed by atoms with E-state index in [2.05, 4.69) is 25.9 Å². The molecule has 0 aliphatic rings. The van der Waals surface area contributed by atoms with E-state index in [9.17, 15) is 9.90 Å². The second-order valence-corrected chi connectivity index (χ2v) is 3.71. The summed E-state index contributed by atoms with van der Waals surface area (Å²) in [6.07, 6.45) is 1.22. The van der Waals surface area contributed by atoms with Gasteiger partial charge >= 0.3 is 0 Å². The Balaban J connectivity index is 2.38. The van der Waals surface area contributed by atoms with Crippen molar-refractivity contribution >= 4 is 15.9 Å². The number of para-hydroxylation sites is 2. The standard InChI is InChI=1S/C10H7BrN2O3/c11-8-9(15)12-5-13-10(8)16-7-4-2-1-3-6(7)14/h1-5,14H,(H,12,13,15). The Labute approximate surface area is 98.9 Å². The highest BCUT2D eigenvalue weighted by atomic mass is 79.9. The number of nitrogens with zero attached hydrogens (tertiary/aromatic N) is 1. The normalized spacial score (nSPS) is 10.1. The third-order valence-corrected chi connectivity index (χ3v) is 2.54. The number of H-pyrrole nitrogens is 1. The average molecular weight is 283 g/mol. The fourth-order valence-electron chi connectivity index (χ4n) is 1.09. The molecule has 0 aliphatic carbocycles. The molecule has 1 aromatic heterocycles. The van der Waals surface area contributed by atoms with E-state index in [4.69, 9.17) is 4.74 Å². The molecule has 2 aromatic rings. The summed E-state index contributed by atoms with van der Waals surface area (Å²) in [5, 5.41) is 9.48. The van der Waals surface area contributed by atoms with Crippen LogP contribution in [0.5, 0.6) is 17.4 Å². The molecule has 0 amide bonds. The van der Waals surface area contributed by atoms with E-state index >= 15 is 0 Å². The molecule has 82 valence electrons. The Bertz CT molecular complexity index is 568. The number of aromatic amines is 1. The van der Waals surface area contributed by atoms with E-state index in [0.717, 1.165) is 0 Å². The summed E-state index contributed by atoms with van der Waals surface area (Å²) in [5.74, 6) is 0.322. The zero-order valence-electron chi connectivity index (χ0n) is 7.98. The van der Waals surface area contributed by atoms with Crippen LogP contribution < -0.4 is 10.3 Å². The van der Waals surface area contributed by atoms with Crippen molar-refractivity contribution in [1.82, 2.24) is 9.97 Å². The van der Waals surface area contributed by atoms with Crippen LogP contribution in [0.3, 0.4) is 0 Å². The minimum atomic E-state index is -0.347. The zero-order valence-corrected chi connectivity index (χ0v) is 9.56. The number of phenols is 1. The van der Waals surface area contributed by atoms with Gasteiger partial charge in [0.2, 0.25) is 5.88 Å². The summed E-state index contributed by atoms with van der Waals surface area (Å²) in [6.45, 7) is 0. The van der Waals surface area contributed by atoms with Gasteiger partial charge in [-0.1, -0.05) is 12.1 Å². The van der Waals surface area contributed by atoms with Crippen LogP contribution in [-0.4, -0.2) is 15.1 Å². The van der Waals surface area contributed by atoms with E-state index in [-0.39, 0.29) is 27.4 Å². The summed E-state index contributed by atoms with van der Waals surface area (Å²) in [7, 11) is 0. The van der Waals surface area contributed by atoms with Gasteiger partial charge in [0.15, 0.2) is 11.5 Å². The summed E-state index contributed by atoms with van der Waals surface area (Å²) in [4.78, 5) is 17.5. The third-order valence-electron chi connectivity index (χ3n) is 1.84. The first kappa shape index (κ1) is 10.7.